The lowest BCUT2D eigenvalue weighted by Crippen LogP contribution is -2.31. The van der Waals surface area contributed by atoms with Crippen LogP contribution in [0.1, 0.15) is 36.4 Å². The van der Waals surface area contributed by atoms with Gasteiger partial charge < -0.3 is 14.4 Å². The van der Waals surface area contributed by atoms with Gasteiger partial charge in [-0.05, 0) is 48.2 Å². The summed E-state index contributed by atoms with van der Waals surface area (Å²) < 4.78 is 12.5. The van der Waals surface area contributed by atoms with E-state index in [1.807, 2.05) is 29.2 Å². The molecule has 4 rings (SSSR count). The molecule has 1 atom stereocenters. The van der Waals surface area contributed by atoms with E-state index < -0.39 is 0 Å². The van der Waals surface area contributed by atoms with Crippen molar-refractivity contribution in [2.45, 2.75) is 31.7 Å². The molecule has 2 aliphatic heterocycles. The Morgan fingerprint density at radius 2 is 1.93 bits per heavy atom. The molecule has 0 saturated carbocycles. The van der Waals surface area contributed by atoms with Crippen LogP contribution in [-0.2, 0) is 11.2 Å². The maximum Gasteiger partial charge on any atom is 0.227 e. The van der Waals surface area contributed by atoms with Crippen LogP contribution in [0, 0.1) is 0 Å². The molecule has 6 heteroatoms. The van der Waals surface area contributed by atoms with Crippen LogP contribution in [-0.4, -0.2) is 30.6 Å². The van der Waals surface area contributed by atoms with Crippen LogP contribution < -0.4 is 9.47 Å². The summed E-state index contributed by atoms with van der Waals surface area (Å²) in [5.41, 5.74) is 2.04. The fraction of sp³-hybridized carbons (Fsp3) is 0.381. The van der Waals surface area contributed by atoms with Gasteiger partial charge in [-0.15, -0.1) is 0 Å². The molecule has 0 radical (unpaired) electrons. The fourth-order valence-corrected chi connectivity index (χ4v) is 4.31. The van der Waals surface area contributed by atoms with Crippen molar-refractivity contribution in [2.24, 2.45) is 0 Å². The Morgan fingerprint density at radius 1 is 1.15 bits per heavy atom. The van der Waals surface area contributed by atoms with Gasteiger partial charge in [0.15, 0.2) is 11.5 Å². The minimum absolute atomic E-state index is 0.117. The molecule has 0 spiro atoms. The molecule has 1 saturated heterocycles. The summed E-state index contributed by atoms with van der Waals surface area (Å²) in [6.07, 6.45) is 3.15. The second-order valence-electron chi connectivity index (χ2n) is 6.93. The third-order valence-corrected chi connectivity index (χ3v) is 5.85. The molecule has 0 bridgehead atoms. The monoisotopic (exact) mass is 449 g/mol. The van der Waals surface area contributed by atoms with E-state index in [2.05, 4.69) is 28.1 Å². The molecule has 0 aliphatic carbocycles. The number of amides is 1. The molecule has 2 aliphatic rings. The lowest BCUT2D eigenvalue weighted by Gasteiger charge is -2.25. The normalized spacial score (nSPS) is 19.0. The maximum atomic E-state index is 13.0. The summed E-state index contributed by atoms with van der Waals surface area (Å²) in [5.74, 6) is 1.33. The first kappa shape index (κ1) is 18.6. The molecule has 4 nitrogen and oxygen atoms in total. The lowest BCUT2D eigenvalue weighted by atomic mass is 10.0. The predicted molar refractivity (Wildman–Crippen MR) is 109 cm³/mol. The molecule has 0 aromatic heterocycles. The van der Waals surface area contributed by atoms with E-state index in [1.54, 1.807) is 0 Å². The summed E-state index contributed by atoms with van der Waals surface area (Å²) >= 11 is 9.84. The highest BCUT2D eigenvalue weighted by atomic mass is 79.9. The summed E-state index contributed by atoms with van der Waals surface area (Å²) in [5, 5.41) is 0.503. The largest absolute Gasteiger partial charge is 0.489 e. The number of ether oxygens (including phenoxy) is 2. The molecule has 2 aromatic carbocycles. The van der Waals surface area contributed by atoms with E-state index in [0.29, 0.717) is 36.2 Å². The Morgan fingerprint density at radius 3 is 2.74 bits per heavy atom. The van der Waals surface area contributed by atoms with Gasteiger partial charge in [0.2, 0.25) is 5.91 Å². The first-order valence-electron chi connectivity index (χ1n) is 9.25. The number of fused-ring (bicyclic) bond motifs is 1. The first-order valence-corrected chi connectivity index (χ1v) is 10.4. The average molecular weight is 451 g/mol. The number of carbonyl (C=O) groups excluding carboxylic acids is 1. The van der Waals surface area contributed by atoms with E-state index in [0.717, 1.165) is 35.8 Å². The van der Waals surface area contributed by atoms with Crippen molar-refractivity contribution in [1.82, 2.24) is 4.90 Å². The van der Waals surface area contributed by atoms with Gasteiger partial charge >= 0.3 is 0 Å². The lowest BCUT2D eigenvalue weighted by molar-refractivity contribution is -0.131. The van der Waals surface area contributed by atoms with Crippen molar-refractivity contribution in [1.29, 1.82) is 0 Å². The van der Waals surface area contributed by atoms with Gasteiger partial charge in [-0.1, -0.05) is 39.7 Å². The highest BCUT2D eigenvalue weighted by Gasteiger charge is 2.30. The second-order valence-corrected chi connectivity index (χ2v) is 8.25. The minimum atomic E-state index is 0.117. The fourth-order valence-electron chi connectivity index (χ4n) is 3.76. The van der Waals surface area contributed by atoms with Crippen LogP contribution in [0.15, 0.2) is 40.9 Å². The number of likely N-dealkylation sites (tertiary alicyclic amines) is 1. The van der Waals surface area contributed by atoms with Crippen molar-refractivity contribution in [3.05, 3.63) is 57.0 Å². The molecule has 142 valence electrons. The Balaban J connectivity index is 1.52. The summed E-state index contributed by atoms with van der Waals surface area (Å²) in [4.78, 5) is 15.0. The molecular weight excluding hydrogens is 430 g/mol. The highest BCUT2D eigenvalue weighted by Crippen LogP contribution is 2.39. The Hall–Kier alpha value is -1.72. The minimum Gasteiger partial charge on any atom is -0.489 e. The van der Waals surface area contributed by atoms with E-state index in [1.165, 1.54) is 5.56 Å². The third-order valence-electron chi connectivity index (χ3n) is 5.05. The standard InChI is InChI=1S/C21H21BrClNO3/c22-16-6-4-15(5-7-16)18-3-1-8-24(18)20(25)13-14-11-17(23)21-19(12-14)26-9-2-10-27-21/h4-7,11-12,18H,1-3,8-10,13H2. The third kappa shape index (κ3) is 4.09. The number of hydrogen-bond acceptors (Lipinski definition) is 3. The Kier molecular flexibility index (Phi) is 5.60. The van der Waals surface area contributed by atoms with Crippen LogP contribution in [0.5, 0.6) is 11.5 Å². The zero-order valence-corrected chi connectivity index (χ0v) is 17.3. The van der Waals surface area contributed by atoms with Crippen LogP contribution in [0.25, 0.3) is 0 Å². The number of hydrogen-bond donors (Lipinski definition) is 0. The molecule has 1 unspecified atom stereocenters. The van der Waals surface area contributed by atoms with Crippen LogP contribution >= 0.6 is 27.5 Å². The van der Waals surface area contributed by atoms with Crippen molar-refractivity contribution in [2.75, 3.05) is 19.8 Å². The summed E-state index contributed by atoms with van der Waals surface area (Å²) in [6, 6.07) is 12.1. The van der Waals surface area contributed by atoms with Crippen LogP contribution in [0.2, 0.25) is 5.02 Å². The summed E-state index contributed by atoms with van der Waals surface area (Å²) in [7, 11) is 0. The molecule has 0 N–H and O–H groups in total. The Labute approximate surface area is 172 Å². The summed E-state index contributed by atoms with van der Waals surface area (Å²) in [6.45, 7) is 1.98. The van der Waals surface area contributed by atoms with E-state index in [4.69, 9.17) is 21.1 Å². The van der Waals surface area contributed by atoms with Gasteiger partial charge in [-0.25, -0.2) is 0 Å². The predicted octanol–water partition coefficient (Wildman–Crippen LogP) is 5.17. The Bertz CT molecular complexity index is 840. The first-order chi connectivity index (χ1) is 13.1. The SMILES string of the molecule is O=C(Cc1cc(Cl)c2c(c1)OCCCO2)N1CCCC1c1ccc(Br)cc1. The van der Waals surface area contributed by atoms with Gasteiger partial charge in [0.05, 0.1) is 30.7 Å². The smallest absolute Gasteiger partial charge is 0.227 e. The van der Waals surface area contributed by atoms with E-state index in [9.17, 15) is 4.79 Å². The van der Waals surface area contributed by atoms with Gasteiger partial charge in [0.1, 0.15) is 0 Å². The molecule has 2 aromatic rings. The zero-order valence-electron chi connectivity index (χ0n) is 14.9. The van der Waals surface area contributed by atoms with E-state index in [-0.39, 0.29) is 11.9 Å². The van der Waals surface area contributed by atoms with E-state index >= 15 is 0 Å². The zero-order chi connectivity index (χ0) is 18.8. The van der Waals surface area contributed by atoms with Crippen molar-refractivity contribution in [3.8, 4) is 11.5 Å². The van der Waals surface area contributed by atoms with Crippen molar-refractivity contribution < 1.29 is 14.3 Å². The van der Waals surface area contributed by atoms with Crippen LogP contribution in [0.3, 0.4) is 0 Å². The van der Waals surface area contributed by atoms with Gasteiger partial charge in [0.25, 0.3) is 0 Å². The average Bonchev–Trinajstić information content (AvgIpc) is 3.01. The molecule has 27 heavy (non-hydrogen) atoms. The highest BCUT2D eigenvalue weighted by molar-refractivity contribution is 9.10. The van der Waals surface area contributed by atoms with Gasteiger partial charge in [0, 0.05) is 17.4 Å². The molecular formula is C21H21BrClNO3. The van der Waals surface area contributed by atoms with Crippen molar-refractivity contribution in [3.63, 3.8) is 0 Å². The maximum absolute atomic E-state index is 13.0. The van der Waals surface area contributed by atoms with Crippen molar-refractivity contribution >= 4 is 33.4 Å². The quantitative estimate of drug-likeness (QED) is 0.647. The second kappa shape index (κ2) is 8.11. The molecule has 1 fully saturated rings. The number of nitrogens with zero attached hydrogens (tertiary/aromatic N) is 1. The van der Waals surface area contributed by atoms with Gasteiger partial charge in [-0.3, -0.25) is 4.79 Å². The number of benzene rings is 2. The number of carbonyl (C=O) groups is 1. The van der Waals surface area contributed by atoms with Gasteiger partial charge in [-0.2, -0.15) is 0 Å². The van der Waals surface area contributed by atoms with Crippen LogP contribution in [0.4, 0.5) is 0 Å². The molecule has 2 heterocycles. The number of halogens is 2. The number of rotatable bonds is 3. The molecule has 1 amide bonds. The topological polar surface area (TPSA) is 38.8 Å².